The van der Waals surface area contributed by atoms with E-state index in [0.29, 0.717) is 6.42 Å². The molecule has 0 aliphatic carbocycles. The molecule has 40 heavy (non-hydrogen) atoms. The highest BCUT2D eigenvalue weighted by Crippen LogP contribution is 2.17. The van der Waals surface area contributed by atoms with Gasteiger partial charge in [-0.2, -0.15) is 0 Å². The van der Waals surface area contributed by atoms with E-state index in [9.17, 15) is 28.0 Å². The number of benzene rings is 2. The summed E-state index contributed by atoms with van der Waals surface area (Å²) in [6.45, 7) is 12.3. The number of nitrogens with one attached hydrogen (secondary N) is 2. The highest BCUT2D eigenvalue weighted by molar-refractivity contribution is 5.99. The van der Waals surface area contributed by atoms with E-state index in [1.165, 1.54) is 36.4 Å². The minimum absolute atomic E-state index is 0.132. The van der Waals surface area contributed by atoms with Crippen molar-refractivity contribution in [2.45, 2.75) is 66.0 Å². The zero-order valence-corrected chi connectivity index (χ0v) is 23.7. The molecule has 0 radical (unpaired) electrons. The van der Waals surface area contributed by atoms with Gasteiger partial charge in [0.1, 0.15) is 11.6 Å². The standard InChI is InChI=1S/C16H19FN2O2.C14H15FN2O2/c1-5-6-10-14(20)18-19(16(2,3)4)15(21)12-8-7-9-13(17)11-12;1-5-12(18)16-17(14(2,3)4)13(19)10-7-6-8-11(15)9-10/h7-9,11H,5H2,1-4H3,(H,18,20);1,6-9H,2-4H3,(H,16,18). The van der Waals surface area contributed by atoms with Crippen LogP contribution >= 0.6 is 0 Å². The van der Waals surface area contributed by atoms with Gasteiger partial charge in [0.2, 0.25) is 0 Å². The maximum Gasteiger partial charge on any atom is 0.314 e. The average molecular weight is 553 g/mol. The predicted molar refractivity (Wildman–Crippen MR) is 148 cm³/mol. The second-order valence-corrected chi connectivity index (χ2v) is 10.3. The van der Waals surface area contributed by atoms with Crippen molar-refractivity contribution in [3.05, 3.63) is 71.3 Å². The van der Waals surface area contributed by atoms with Crippen LogP contribution in [0.1, 0.15) is 75.6 Å². The number of carbonyl (C=O) groups excluding carboxylic acids is 4. The van der Waals surface area contributed by atoms with Gasteiger partial charge in [-0.25, -0.2) is 18.8 Å². The summed E-state index contributed by atoms with van der Waals surface area (Å²) < 4.78 is 26.4. The first-order valence-electron chi connectivity index (χ1n) is 12.3. The lowest BCUT2D eigenvalue weighted by molar-refractivity contribution is -0.121. The van der Waals surface area contributed by atoms with Gasteiger partial charge in [-0.1, -0.05) is 25.0 Å². The first kappa shape index (κ1) is 33.3. The number of halogens is 2. The molecule has 2 N–H and O–H groups in total. The third-order valence-electron chi connectivity index (χ3n) is 4.83. The molecule has 0 heterocycles. The van der Waals surface area contributed by atoms with E-state index < -0.39 is 46.3 Å². The number of terminal acetylenes is 1. The van der Waals surface area contributed by atoms with Gasteiger partial charge in [0.25, 0.3) is 11.8 Å². The molecular weight excluding hydrogens is 518 g/mol. The van der Waals surface area contributed by atoms with Crippen LogP contribution in [0, 0.1) is 35.8 Å². The Morgan fingerprint density at radius 1 is 0.775 bits per heavy atom. The van der Waals surface area contributed by atoms with Crippen molar-refractivity contribution in [3.8, 4) is 24.2 Å². The van der Waals surface area contributed by atoms with E-state index in [4.69, 9.17) is 6.42 Å². The van der Waals surface area contributed by atoms with E-state index >= 15 is 0 Å². The molecule has 0 aliphatic heterocycles. The normalized spacial score (nSPS) is 10.4. The minimum Gasteiger partial charge on any atom is -0.267 e. The van der Waals surface area contributed by atoms with Crippen molar-refractivity contribution in [1.82, 2.24) is 20.9 Å². The van der Waals surface area contributed by atoms with E-state index in [1.54, 1.807) is 41.5 Å². The quantitative estimate of drug-likeness (QED) is 0.430. The zero-order valence-electron chi connectivity index (χ0n) is 23.7. The highest BCUT2D eigenvalue weighted by Gasteiger charge is 2.30. The Labute approximate surface area is 234 Å². The van der Waals surface area contributed by atoms with Crippen LogP contribution in [0.25, 0.3) is 0 Å². The lowest BCUT2D eigenvalue weighted by Gasteiger charge is -2.34. The minimum atomic E-state index is -0.736. The number of hydrogen-bond donors (Lipinski definition) is 2. The molecule has 0 saturated carbocycles. The zero-order chi connectivity index (χ0) is 30.7. The number of carbonyl (C=O) groups is 4. The third-order valence-corrected chi connectivity index (χ3v) is 4.83. The van der Waals surface area contributed by atoms with Gasteiger partial charge in [-0.05, 0) is 89.8 Å². The Kier molecular flexibility index (Phi) is 12.0. The molecule has 0 atom stereocenters. The predicted octanol–water partition coefficient (Wildman–Crippen LogP) is 4.24. The Hall–Kier alpha value is -4.70. The largest absolute Gasteiger partial charge is 0.314 e. The Morgan fingerprint density at radius 2 is 1.18 bits per heavy atom. The molecule has 2 rings (SSSR count). The molecule has 10 heteroatoms. The Morgan fingerprint density at radius 3 is 1.50 bits per heavy atom. The molecule has 0 bridgehead atoms. The molecule has 2 aromatic rings. The molecule has 0 fully saturated rings. The van der Waals surface area contributed by atoms with E-state index in [1.807, 2.05) is 12.8 Å². The van der Waals surface area contributed by atoms with Crippen LogP contribution < -0.4 is 10.9 Å². The molecule has 0 aliphatic rings. The first-order valence-corrected chi connectivity index (χ1v) is 12.3. The van der Waals surface area contributed by atoms with Gasteiger partial charge in [-0.15, -0.1) is 6.42 Å². The van der Waals surface area contributed by atoms with Crippen LogP contribution in [0.2, 0.25) is 0 Å². The van der Waals surface area contributed by atoms with Gasteiger partial charge in [0, 0.05) is 17.5 Å². The molecular formula is C30H34F2N4O4. The molecule has 0 unspecified atom stereocenters. The monoisotopic (exact) mass is 552 g/mol. The van der Waals surface area contributed by atoms with Crippen molar-refractivity contribution in [2.75, 3.05) is 0 Å². The lowest BCUT2D eigenvalue weighted by atomic mass is 10.1. The number of nitrogens with zero attached hydrogens (tertiary/aromatic N) is 2. The third kappa shape index (κ3) is 10.6. The van der Waals surface area contributed by atoms with Crippen LogP contribution in [0.15, 0.2) is 48.5 Å². The van der Waals surface area contributed by atoms with Crippen molar-refractivity contribution >= 4 is 23.6 Å². The summed E-state index contributed by atoms with van der Waals surface area (Å²) >= 11 is 0. The van der Waals surface area contributed by atoms with Gasteiger partial charge < -0.3 is 0 Å². The summed E-state index contributed by atoms with van der Waals surface area (Å²) in [5, 5.41) is 2.25. The van der Waals surface area contributed by atoms with Crippen molar-refractivity contribution in [2.24, 2.45) is 0 Å². The van der Waals surface area contributed by atoms with Crippen LogP contribution in [0.4, 0.5) is 8.78 Å². The second-order valence-electron chi connectivity index (χ2n) is 10.3. The van der Waals surface area contributed by atoms with E-state index in [2.05, 4.69) is 22.7 Å². The SMILES string of the molecule is C#CC(=O)NN(C(=O)c1cccc(F)c1)C(C)(C)C.CCC#CC(=O)NN(C(=O)c1cccc(F)c1)C(C)(C)C. The molecule has 212 valence electrons. The summed E-state index contributed by atoms with van der Waals surface area (Å²) in [6, 6.07) is 10.5. The van der Waals surface area contributed by atoms with Crippen molar-refractivity contribution < 1.29 is 28.0 Å². The average Bonchev–Trinajstić information content (AvgIpc) is 2.87. The molecule has 0 spiro atoms. The Bertz CT molecular complexity index is 1340. The molecule has 0 aromatic heterocycles. The fraction of sp³-hybridized carbons (Fsp3) is 0.333. The maximum absolute atomic E-state index is 13.2. The number of amides is 4. The van der Waals surface area contributed by atoms with E-state index in [-0.39, 0.29) is 11.1 Å². The summed E-state index contributed by atoms with van der Waals surface area (Å²) in [5.41, 5.74) is 3.69. The van der Waals surface area contributed by atoms with E-state index in [0.717, 1.165) is 22.2 Å². The van der Waals surface area contributed by atoms with Gasteiger partial charge in [0.05, 0.1) is 11.1 Å². The highest BCUT2D eigenvalue weighted by atomic mass is 19.1. The number of hydrazine groups is 2. The molecule has 2 aromatic carbocycles. The van der Waals surface area contributed by atoms with Gasteiger partial charge in [-0.3, -0.25) is 30.0 Å². The molecule has 0 saturated heterocycles. The first-order chi connectivity index (χ1) is 18.5. The van der Waals surface area contributed by atoms with Crippen molar-refractivity contribution in [3.63, 3.8) is 0 Å². The van der Waals surface area contributed by atoms with Gasteiger partial charge >= 0.3 is 11.8 Å². The smallest absolute Gasteiger partial charge is 0.267 e. The maximum atomic E-state index is 13.2. The van der Waals surface area contributed by atoms with Crippen LogP contribution in [0.5, 0.6) is 0 Å². The fourth-order valence-corrected chi connectivity index (χ4v) is 2.98. The topological polar surface area (TPSA) is 98.8 Å². The number of hydrogen-bond acceptors (Lipinski definition) is 4. The molecule has 4 amide bonds. The summed E-state index contributed by atoms with van der Waals surface area (Å²) in [4.78, 5) is 47.7. The Balaban J connectivity index is 0.000000402. The fourth-order valence-electron chi connectivity index (χ4n) is 2.98. The summed E-state index contributed by atoms with van der Waals surface area (Å²) in [6.07, 6.45) is 5.51. The van der Waals surface area contributed by atoms with Gasteiger partial charge in [0.15, 0.2) is 0 Å². The number of rotatable bonds is 2. The van der Waals surface area contributed by atoms with Crippen LogP contribution in [0.3, 0.4) is 0 Å². The lowest BCUT2D eigenvalue weighted by Crippen LogP contribution is -2.55. The van der Waals surface area contributed by atoms with Crippen LogP contribution in [-0.4, -0.2) is 44.7 Å². The second kappa shape index (κ2) is 14.5. The summed E-state index contributed by atoms with van der Waals surface area (Å²) in [7, 11) is 0. The van der Waals surface area contributed by atoms with Crippen molar-refractivity contribution in [1.29, 1.82) is 0 Å². The summed E-state index contributed by atoms with van der Waals surface area (Å²) in [5.74, 6) is 3.52. The molecule has 8 nitrogen and oxygen atoms in total. The van der Waals surface area contributed by atoms with Crippen LogP contribution in [-0.2, 0) is 9.59 Å².